The molecule has 2 N–H and O–H groups in total. The van der Waals surface area contributed by atoms with Crippen LogP contribution in [0.3, 0.4) is 0 Å². The normalized spacial score (nSPS) is 13.3. The van der Waals surface area contributed by atoms with Crippen LogP contribution in [0.25, 0.3) is 22.0 Å². The first-order chi connectivity index (χ1) is 17.8. The topological polar surface area (TPSA) is 97.2 Å². The van der Waals surface area contributed by atoms with E-state index in [2.05, 4.69) is 25.0 Å². The van der Waals surface area contributed by atoms with Gasteiger partial charge in [0, 0.05) is 29.0 Å². The average molecular weight is 545 g/mol. The van der Waals surface area contributed by atoms with E-state index in [0.717, 1.165) is 40.2 Å². The van der Waals surface area contributed by atoms with Crippen molar-refractivity contribution in [1.29, 1.82) is 0 Å². The minimum Gasteiger partial charge on any atom is -0.455 e. The lowest BCUT2D eigenvalue weighted by molar-refractivity contribution is -0.205. The summed E-state index contributed by atoms with van der Waals surface area (Å²) in [6.45, 7) is 6.02. The quantitative estimate of drug-likeness (QED) is 0.274. The number of hydrogen-bond donors (Lipinski definition) is 2. The van der Waals surface area contributed by atoms with Crippen LogP contribution in [0.15, 0.2) is 48.8 Å². The Morgan fingerprint density at radius 1 is 1.05 bits per heavy atom. The number of nitrogens with one attached hydrogen (secondary N) is 1. The Labute approximate surface area is 221 Å². The number of benzene rings is 2. The van der Waals surface area contributed by atoms with E-state index in [-0.39, 0.29) is 5.82 Å². The van der Waals surface area contributed by atoms with Gasteiger partial charge in [0.15, 0.2) is 11.4 Å². The molecule has 4 rings (SSSR count). The van der Waals surface area contributed by atoms with Gasteiger partial charge < -0.3 is 15.2 Å². The summed E-state index contributed by atoms with van der Waals surface area (Å²) in [6, 6.07) is 11.6. The molecule has 7 nitrogen and oxygen atoms in total. The second-order valence-electron chi connectivity index (χ2n) is 9.20. The SMILES string of the molecule is Cc1ccc(C)c(Nc2c(Cl)c(C)nc3ccc(-c4cnc(C(C)(O)COC(=O)C(F)(F)F)nc4)cc23)c1. The van der Waals surface area contributed by atoms with E-state index >= 15 is 0 Å². The third-order valence-corrected chi connectivity index (χ3v) is 6.39. The smallest absolute Gasteiger partial charge is 0.455 e. The lowest BCUT2D eigenvalue weighted by atomic mass is 10.0. The molecule has 2 aromatic heterocycles. The van der Waals surface area contributed by atoms with Crippen molar-refractivity contribution < 1.29 is 27.8 Å². The summed E-state index contributed by atoms with van der Waals surface area (Å²) in [5.74, 6) is -2.60. The van der Waals surface area contributed by atoms with Crippen molar-refractivity contribution in [3.05, 3.63) is 76.5 Å². The summed E-state index contributed by atoms with van der Waals surface area (Å²) in [7, 11) is 0. The first-order valence-electron chi connectivity index (χ1n) is 11.5. The van der Waals surface area contributed by atoms with Crippen LogP contribution in [0.2, 0.25) is 5.02 Å². The van der Waals surface area contributed by atoms with Gasteiger partial charge in [-0.05, 0) is 62.6 Å². The van der Waals surface area contributed by atoms with E-state index in [0.29, 0.717) is 22.0 Å². The highest BCUT2D eigenvalue weighted by atomic mass is 35.5. The highest BCUT2D eigenvalue weighted by molar-refractivity contribution is 6.35. The van der Waals surface area contributed by atoms with E-state index in [9.17, 15) is 23.1 Å². The van der Waals surface area contributed by atoms with Crippen LogP contribution in [0.4, 0.5) is 24.5 Å². The maximum absolute atomic E-state index is 12.4. The molecule has 0 radical (unpaired) electrons. The van der Waals surface area contributed by atoms with Crippen molar-refractivity contribution in [3.8, 4) is 11.1 Å². The fourth-order valence-electron chi connectivity index (χ4n) is 3.78. The number of pyridine rings is 1. The Bertz CT molecular complexity index is 1520. The standard InChI is InChI=1S/C27H24ClF3N4O3/c1-14-5-6-15(2)21(9-14)35-23-19-10-17(7-8-20(19)34-16(3)22(23)28)18-11-32-24(33-12-18)26(4,37)13-38-25(36)27(29,30)31/h5-12,37H,13H2,1-4H3,(H,34,35). The number of esters is 1. The zero-order valence-corrected chi connectivity index (χ0v) is 21.7. The van der Waals surface area contributed by atoms with Crippen molar-refractivity contribution in [3.63, 3.8) is 0 Å². The summed E-state index contributed by atoms with van der Waals surface area (Å²) in [4.78, 5) is 23.8. The highest BCUT2D eigenvalue weighted by Crippen LogP contribution is 2.37. The van der Waals surface area contributed by atoms with Gasteiger partial charge >= 0.3 is 12.1 Å². The molecule has 0 saturated heterocycles. The summed E-state index contributed by atoms with van der Waals surface area (Å²) < 4.78 is 41.4. The molecule has 4 aromatic rings. The second-order valence-corrected chi connectivity index (χ2v) is 9.58. The van der Waals surface area contributed by atoms with Crippen LogP contribution >= 0.6 is 11.6 Å². The number of alkyl halides is 3. The molecule has 11 heteroatoms. The number of carbonyl (C=O) groups excluding carboxylic acids is 1. The Kier molecular flexibility index (Phi) is 7.31. The number of anilines is 2. The Hall–Kier alpha value is -3.76. The highest BCUT2D eigenvalue weighted by Gasteiger charge is 2.42. The molecule has 2 heterocycles. The summed E-state index contributed by atoms with van der Waals surface area (Å²) in [5.41, 5.74) is 4.39. The summed E-state index contributed by atoms with van der Waals surface area (Å²) in [6.07, 6.45) is -2.33. The van der Waals surface area contributed by atoms with Gasteiger partial charge in [0.1, 0.15) is 6.61 Å². The first-order valence-corrected chi connectivity index (χ1v) is 11.9. The van der Waals surface area contributed by atoms with Crippen LogP contribution in [0.5, 0.6) is 0 Å². The van der Waals surface area contributed by atoms with E-state index in [4.69, 9.17) is 11.6 Å². The number of nitrogens with zero attached hydrogens (tertiary/aromatic N) is 3. The number of aromatic nitrogens is 3. The van der Waals surface area contributed by atoms with Crippen LogP contribution in [-0.2, 0) is 15.1 Å². The van der Waals surface area contributed by atoms with E-state index in [1.807, 2.05) is 57.2 Å². The first kappa shape index (κ1) is 27.3. The van der Waals surface area contributed by atoms with Crippen LogP contribution in [-0.4, -0.2) is 38.8 Å². The van der Waals surface area contributed by atoms with Gasteiger partial charge in [0.25, 0.3) is 0 Å². The third kappa shape index (κ3) is 5.71. The monoisotopic (exact) mass is 544 g/mol. The number of halogens is 4. The largest absolute Gasteiger partial charge is 0.490 e. The van der Waals surface area contributed by atoms with Crippen molar-refractivity contribution in [2.24, 2.45) is 0 Å². The van der Waals surface area contributed by atoms with Gasteiger partial charge in [-0.3, -0.25) is 4.98 Å². The second kappa shape index (κ2) is 10.2. The van der Waals surface area contributed by atoms with Crippen molar-refractivity contribution in [2.75, 3.05) is 11.9 Å². The Morgan fingerprint density at radius 2 is 1.74 bits per heavy atom. The third-order valence-electron chi connectivity index (χ3n) is 5.93. The molecule has 0 fully saturated rings. The molecule has 0 amide bonds. The van der Waals surface area contributed by atoms with Gasteiger partial charge in [-0.25, -0.2) is 14.8 Å². The summed E-state index contributed by atoms with van der Waals surface area (Å²) in [5, 5.41) is 15.2. The Balaban J connectivity index is 1.67. The lowest BCUT2D eigenvalue weighted by Crippen LogP contribution is -2.35. The molecule has 0 bridgehead atoms. The molecule has 0 saturated carbocycles. The maximum atomic E-state index is 12.4. The van der Waals surface area contributed by atoms with E-state index in [1.54, 1.807) is 0 Å². The van der Waals surface area contributed by atoms with Crippen molar-refractivity contribution in [2.45, 2.75) is 39.5 Å². The zero-order valence-electron chi connectivity index (χ0n) is 20.9. The molecule has 0 aliphatic rings. The molecule has 1 unspecified atom stereocenters. The molecule has 198 valence electrons. The maximum Gasteiger partial charge on any atom is 0.490 e. The van der Waals surface area contributed by atoms with Gasteiger partial charge in [-0.1, -0.05) is 29.8 Å². The van der Waals surface area contributed by atoms with E-state index in [1.165, 1.54) is 12.4 Å². The molecule has 2 aromatic carbocycles. The van der Waals surface area contributed by atoms with Crippen LogP contribution in [0, 0.1) is 20.8 Å². The van der Waals surface area contributed by atoms with Gasteiger partial charge in [-0.2, -0.15) is 13.2 Å². The predicted molar refractivity (Wildman–Crippen MR) is 138 cm³/mol. The van der Waals surface area contributed by atoms with Crippen molar-refractivity contribution >= 4 is 39.8 Å². The molecule has 0 spiro atoms. The van der Waals surface area contributed by atoms with Gasteiger partial charge in [0.2, 0.25) is 0 Å². The van der Waals surface area contributed by atoms with Crippen molar-refractivity contribution in [1.82, 2.24) is 15.0 Å². The number of fused-ring (bicyclic) bond motifs is 1. The van der Waals surface area contributed by atoms with Gasteiger partial charge in [0.05, 0.1) is 21.9 Å². The fourth-order valence-corrected chi connectivity index (χ4v) is 3.97. The number of hydrogen-bond acceptors (Lipinski definition) is 7. The molecule has 0 aliphatic carbocycles. The molecule has 0 aliphatic heterocycles. The average Bonchev–Trinajstić information content (AvgIpc) is 2.86. The number of aliphatic hydroxyl groups is 1. The molecular weight excluding hydrogens is 521 g/mol. The summed E-state index contributed by atoms with van der Waals surface area (Å²) >= 11 is 6.68. The number of ether oxygens (including phenoxy) is 1. The number of rotatable bonds is 6. The van der Waals surface area contributed by atoms with Crippen LogP contribution in [0.1, 0.15) is 29.6 Å². The Morgan fingerprint density at radius 3 is 2.39 bits per heavy atom. The molecule has 1 atom stereocenters. The van der Waals surface area contributed by atoms with E-state index < -0.39 is 24.4 Å². The number of carbonyl (C=O) groups is 1. The number of aryl methyl sites for hydroxylation is 3. The fraction of sp³-hybridized carbons (Fsp3) is 0.259. The zero-order chi connectivity index (χ0) is 27.8. The molecule has 38 heavy (non-hydrogen) atoms. The minimum absolute atomic E-state index is 0.199. The van der Waals surface area contributed by atoms with Gasteiger partial charge in [-0.15, -0.1) is 0 Å². The minimum atomic E-state index is -5.17. The molecular formula is C27H24ClF3N4O3. The lowest BCUT2D eigenvalue weighted by Gasteiger charge is -2.21. The van der Waals surface area contributed by atoms with Crippen LogP contribution < -0.4 is 5.32 Å². The predicted octanol–water partition coefficient (Wildman–Crippen LogP) is 6.33.